The fourth-order valence-electron chi connectivity index (χ4n) is 1.95. The first kappa shape index (κ1) is 15.7. The Bertz CT molecular complexity index is 852. The number of anilines is 1. The predicted molar refractivity (Wildman–Crippen MR) is 83.3 cm³/mol. The first-order valence-corrected chi connectivity index (χ1v) is 8.26. The van der Waals surface area contributed by atoms with Gasteiger partial charge in [-0.1, -0.05) is 25.1 Å². The van der Waals surface area contributed by atoms with Crippen LogP contribution in [0.15, 0.2) is 53.4 Å². The van der Waals surface area contributed by atoms with Gasteiger partial charge in [0.2, 0.25) is 0 Å². The fraction of sp³-hybridized carbons (Fsp3) is 0.125. The number of benzene rings is 2. The maximum atomic E-state index is 12.3. The van der Waals surface area contributed by atoms with E-state index in [0.29, 0.717) is 11.3 Å². The SMILES string of the molecule is CCS(=O)(=O)c1ccccc1C(=O)Nc1cccc(C#N)c1. The van der Waals surface area contributed by atoms with Gasteiger partial charge in [-0.25, -0.2) is 8.42 Å². The minimum atomic E-state index is -3.49. The Kier molecular flexibility index (Phi) is 4.59. The van der Waals surface area contributed by atoms with Gasteiger partial charge in [-0.05, 0) is 30.3 Å². The standard InChI is InChI=1S/C16H14N2O3S/c1-2-22(20,21)15-9-4-3-8-14(15)16(19)18-13-7-5-6-12(10-13)11-17/h3-10H,2H2,1H3,(H,18,19). The van der Waals surface area contributed by atoms with Crippen LogP contribution in [0.25, 0.3) is 0 Å². The number of carbonyl (C=O) groups is 1. The molecule has 1 amide bonds. The molecule has 2 aromatic carbocycles. The summed E-state index contributed by atoms with van der Waals surface area (Å²) < 4.78 is 24.1. The van der Waals surface area contributed by atoms with E-state index in [1.807, 2.05) is 6.07 Å². The predicted octanol–water partition coefficient (Wildman–Crippen LogP) is 2.60. The molecule has 112 valence electrons. The van der Waals surface area contributed by atoms with Gasteiger partial charge < -0.3 is 5.32 Å². The zero-order chi connectivity index (χ0) is 16.2. The Hall–Kier alpha value is -2.65. The van der Waals surface area contributed by atoms with E-state index in [1.165, 1.54) is 25.1 Å². The number of hydrogen-bond donors (Lipinski definition) is 1. The summed E-state index contributed by atoms with van der Waals surface area (Å²) in [5.41, 5.74) is 0.937. The lowest BCUT2D eigenvalue weighted by atomic mass is 10.2. The fourth-order valence-corrected chi connectivity index (χ4v) is 3.04. The van der Waals surface area contributed by atoms with Crippen molar-refractivity contribution in [2.24, 2.45) is 0 Å². The third-order valence-corrected chi connectivity index (χ3v) is 4.88. The molecule has 5 nitrogen and oxygen atoms in total. The molecule has 0 atom stereocenters. The second-order valence-corrected chi connectivity index (χ2v) is 6.79. The van der Waals surface area contributed by atoms with Crippen LogP contribution in [0, 0.1) is 11.3 Å². The zero-order valence-electron chi connectivity index (χ0n) is 11.9. The monoisotopic (exact) mass is 314 g/mol. The van der Waals surface area contributed by atoms with Gasteiger partial charge in [0, 0.05) is 5.69 Å². The van der Waals surface area contributed by atoms with Crippen molar-refractivity contribution in [1.82, 2.24) is 0 Å². The molecular weight excluding hydrogens is 300 g/mol. The molecule has 0 aromatic heterocycles. The summed E-state index contributed by atoms with van der Waals surface area (Å²) in [5.74, 6) is -0.607. The van der Waals surface area contributed by atoms with Gasteiger partial charge in [-0.2, -0.15) is 5.26 Å². The first-order chi connectivity index (χ1) is 10.5. The van der Waals surface area contributed by atoms with Crippen LogP contribution in [0.4, 0.5) is 5.69 Å². The molecule has 0 heterocycles. The maximum absolute atomic E-state index is 12.3. The molecule has 0 spiro atoms. The molecule has 0 aliphatic rings. The normalized spacial score (nSPS) is 10.7. The van der Waals surface area contributed by atoms with Gasteiger partial charge in [-0.3, -0.25) is 4.79 Å². The number of rotatable bonds is 4. The highest BCUT2D eigenvalue weighted by atomic mass is 32.2. The molecule has 0 fully saturated rings. The van der Waals surface area contributed by atoms with Gasteiger partial charge in [0.15, 0.2) is 9.84 Å². The number of sulfone groups is 1. The van der Waals surface area contributed by atoms with E-state index in [-0.39, 0.29) is 16.2 Å². The lowest BCUT2D eigenvalue weighted by Crippen LogP contribution is -2.17. The van der Waals surface area contributed by atoms with E-state index < -0.39 is 15.7 Å². The van der Waals surface area contributed by atoms with Gasteiger partial charge in [-0.15, -0.1) is 0 Å². The van der Waals surface area contributed by atoms with Crippen LogP contribution in [-0.4, -0.2) is 20.1 Å². The molecule has 0 unspecified atom stereocenters. The molecule has 2 rings (SSSR count). The van der Waals surface area contributed by atoms with Crippen molar-refractivity contribution in [3.63, 3.8) is 0 Å². The summed E-state index contributed by atoms with van der Waals surface area (Å²) >= 11 is 0. The first-order valence-electron chi connectivity index (χ1n) is 6.61. The average Bonchev–Trinajstić information content (AvgIpc) is 2.55. The summed E-state index contributed by atoms with van der Waals surface area (Å²) in [6.07, 6.45) is 0. The van der Waals surface area contributed by atoms with Crippen molar-refractivity contribution in [3.05, 3.63) is 59.7 Å². The number of nitrogens with one attached hydrogen (secondary N) is 1. The zero-order valence-corrected chi connectivity index (χ0v) is 12.7. The molecule has 0 saturated heterocycles. The Morgan fingerprint density at radius 2 is 1.91 bits per heavy atom. The maximum Gasteiger partial charge on any atom is 0.256 e. The highest BCUT2D eigenvalue weighted by molar-refractivity contribution is 7.91. The smallest absolute Gasteiger partial charge is 0.256 e. The summed E-state index contributed by atoms with van der Waals surface area (Å²) in [6.45, 7) is 1.53. The Balaban J connectivity index is 2.37. The van der Waals surface area contributed by atoms with E-state index >= 15 is 0 Å². The van der Waals surface area contributed by atoms with Gasteiger partial charge in [0.25, 0.3) is 5.91 Å². The van der Waals surface area contributed by atoms with Crippen LogP contribution in [0.2, 0.25) is 0 Å². The van der Waals surface area contributed by atoms with Gasteiger partial charge in [0.05, 0.1) is 27.8 Å². The number of nitrogens with zero attached hydrogens (tertiary/aromatic N) is 1. The highest BCUT2D eigenvalue weighted by Crippen LogP contribution is 2.19. The molecule has 2 aromatic rings. The van der Waals surface area contributed by atoms with Gasteiger partial charge in [0.1, 0.15) is 0 Å². The van der Waals surface area contributed by atoms with E-state index in [1.54, 1.807) is 30.3 Å². The molecule has 0 radical (unpaired) electrons. The number of nitriles is 1. The van der Waals surface area contributed by atoms with Crippen LogP contribution in [0.1, 0.15) is 22.8 Å². The molecule has 0 saturated carbocycles. The number of hydrogen-bond acceptors (Lipinski definition) is 4. The second-order valence-electron chi connectivity index (χ2n) is 4.55. The summed E-state index contributed by atoms with van der Waals surface area (Å²) in [7, 11) is -3.49. The molecule has 6 heteroatoms. The third-order valence-electron chi connectivity index (χ3n) is 3.10. The Morgan fingerprint density at radius 1 is 1.18 bits per heavy atom. The quantitative estimate of drug-likeness (QED) is 0.939. The topological polar surface area (TPSA) is 87.0 Å². The van der Waals surface area contributed by atoms with Crippen molar-refractivity contribution in [3.8, 4) is 6.07 Å². The molecule has 0 aliphatic heterocycles. The van der Waals surface area contributed by atoms with Crippen LogP contribution < -0.4 is 5.32 Å². The summed E-state index contributed by atoms with van der Waals surface area (Å²) in [5, 5.41) is 11.5. The lowest BCUT2D eigenvalue weighted by Gasteiger charge is -2.10. The van der Waals surface area contributed by atoms with Crippen LogP contribution in [0.5, 0.6) is 0 Å². The largest absolute Gasteiger partial charge is 0.322 e. The lowest BCUT2D eigenvalue weighted by molar-refractivity contribution is 0.102. The average molecular weight is 314 g/mol. The van der Waals surface area contributed by atoms with E-state index in [2.05, 4.69) is 5.32 Å². The second kappa shape index (κ2) is 6.41. The molecular formula is C16H14N2O3S. The summed E-state index contributed by atoms with van der Waals surface area (Å²) in [6, 6.07) is 14.5. The molecule has 22 heavy (non-hydrogen) atoms. The molecule has 0 bridgehead atoms. The van der Waals surface area contributed by atoms with Crippen LogP contribution >= 0.6 is 0 Å². The molecule has 1 N–H and O–H groups in total. The Morgan fingerprint density at radius 3 is 2.59 bits per heavy atom. The van der Waals surface area contributed by atoms with Gasteiger partial charge >= 0.3 is 0 Å². The van der Waals surface area contributed by atoms with Crippen molar-refractivity contribution in [2.45, 2.75) is 11.8 Å². The van der Waals surface area contributed by atoms with E-state index in [4.69, 9.17) is 5.26 Å². The van der Waals surface area contributed by atoms with E-state index in [0.717, 1.165) is 0 Å². The highest BCUT2D eigenvalue weighted by Gasteiger charge is 2.20. The van der Waals surface area contributed by atoms with Crippen molar-refractivity contribution >= 4 is 21.4 Å². The summed E-state index contributed by atoms with van der Waals surface area (Å²) in [4.78, 5) is 12.3. The van der Waals surface area contributed by atoms with Crippen molar-refractivity contribution in [2.75, 3.05) is 11.1 Å². The number of amides is 1. The van der Waals surface area contributed by atoms with Crippen LogP contribution in [0.3, 0.4) is 0 Å². The third kappa shape index (κ3) is 3.32. The number of carbonyl (C=O) groups excluding carboxylic acids is 1. The van der Waals surface area contributed by atoms with Crippen molar-refractivity contribution < 1.29 is 13.2 Å². The van der Waals surface area contributed by atoms with E-state index in [9.17, 15) is 13.2 Å². The minimum absolute atomic E-state index is 0.00596. The van der Waals surface area contributed by atoms with Crippen LogP contribution in [-0.2, 0) is 9.84 Å². The van der Waals surface area contributed by atoms with Crippen molar-refractivity contribution in [1.29, 1.82) is 5.26 Å². The minimum Gasteiger partial charge on any atom is -0.322 e. The molecule has 0 aliphatic carbocycles. The Labute approximate surface area is 129 Å².